The molecule has 0 aliphatic heterocycles. The third-order valence-corrected chi connectivity index (χ3v) is 4.76. The molecule has 9 heteroatoms. The van der Waals surface area contributed by atoms with Crippen LogP contribution in [-0.4, -0.2) is 19.0 Å². The number of carbonyl (C=O) groups excluding carboxylic acids is 2. The Balaban J connectivity index is 2.41. The molecule has 31 heavy (non-hydrogen) atoms. The molecular weight excluding hydrogens is 441 g/mol. The molecule has 0 spiro atoms. The summed E-state index contributed by atoms with van der Waals surface area (Å²) >= 11 is 12.0. The van der Waals surface area contributed by atoms with Gasteiger partial charge in [-0.25, -0.2) is 4.79 Å². The average molecular weight is 460 g/mol. The minimum Gasteiger partial charge on any atom is -0.493 e. The van der Waals surface area contributed by atoms with Crippen molar-refractivity contribution >= 4 is 41.2 Å². The van der Waals surface area contributed by atoms with Gasteiger partial charge in [0.15, 0.2) is 11.5 Å². The van der Waals surface area contributed by atoms with Gasteiger partial charge in [0.2, 0.25) is 0 Å². The number of allylic oxidation sites excluding steroid dienone is 1. The predicted molar refractivity (Wildman–Crippen MR) is 119 cm³/mol. The molecular formula is C22H19Cl2N3O4. The van der Waals surface area contributed by atoms with E-state index in [1.54, 1.807) is 42.5 Å². The number of ether oxygens (including phenoxy) is 2. The van der Waals surface area contributed by atoms with Crippen LogP contribution < -0.4 is 20.5 Å². The van der Waals surface area contributed by atoms with Crippen molar-refractivity contribution in [3.05, 3.63) is 75.3 Å². The van der Waals surface area contributed by atoms with Gasteiger partial charge in [0.25, 0.3) is 5.91 Å². The molecule has 0 radical (unpaired) electrons. The molecule has 0 aromatic heterocycles. The number of benzene rings is 2. The van der Waals surface area contributed by atoms with Crippen LogP contribution in [0, 0.1) is 11.3 Å². The maximum Gasteiger partial charge on any atom is 0.319 e. The molecule has 0 aliphatic carbocycles. The number of nitrogens with zero attached hydrogens (tertiary/aromatic N) is 1. The monoisotopic (exact) mass is 459 g/mol. The maximum absolute atomic E-state index is 11.9. The predicted octanol–water partition coefficient (Wildman–Crippen LogP) is 4.41. The van der Waals surface area contributed by atoms with E-state index in [9.17, 15) is 14.9 Å². The van der Waals surface area contributed by atoms with Crippen molar-refractivity contribution in [3.8, 4) is 17.6 Å². The Morgan fingerprint density at radius 1 is 1.26 bits per heavy atom. The largest absolute Gasteiger partial charge is 0.493 e. The zero-order valence-corrected chi connectivity index (χ0v) is 18.1. The number of nitriles is 1. The third kappa shape index (κ3) is 6.51. The van der Waals surface area contributed by atoms with E-state index in [0.29, 0.717) is 39.1 Å². The van der Waals surface area contributed by atoms with Crippen molar-refractivity contribution in [2.24, 2.45) is 5.73 Å². The van der Waals surface area contributed by atoms with E-state index in [-0.39, 0.29) is 12.2 Å². The summed E-state index contributed by atoms with van der Waals surface area (Å²) in [7, 11) is 1.47. The van der Waals surface area contributed by atoms with Gasteiger partial charge in [-0.3, -0.25) is 10.1 Å². The first-order valence-corrected chi connectivity index (χ1v) is 9.65. The number of hydrogen-bond donors (Lipinski definition) is 2. The smallest absolute Gasteiger partial charge is 0.319 e. The molecule has 3 N–H and O–H groups in total. The number of nitrogens with one attached hydrogen (secondary N) is 1. The molecule has 0 aliphatic rings. The van der Waals surface area contributed by atoms with Crippen LogP contribution in [0.3, 0.4) is 0 Å². The molecule has 3 amide bonds. The van der Waals surface area contributed by atoms with Crippen LogP contribution in [0.2, 0.25) is 10.0 Å². The van der Waals surface area contributed by atoms with Gasteiger partial charge in [-0.1, -0.05) is 35.3 Å². The molecule has 0 heterocycles. The van der Waals surface area contributed by atoms with Gasteiger partial charge in [0, 0.05) is 5.56 Å². The summed E-state index contributed by atoms with van der Waals surface area (Å²) in [5.74, 6) is -0.0387. The van der Waals surface area contributed by atoms with Gasteiger partial charge in [0.1, 0.15) is 18.2 Å². The van der Waals surface area contributed by atoms with Crippen LogP contribution in [-0.2, 0) is 17.8 Å². The second kappa shape index (κ2) is 11.1. The van der Waals surface area contributed by atoms with Crippen LogP contribution in [0.4, 0.5) is 4.79 Å². The molecule has 0 atom stereocenters. The Bertz CT molecular complexity index is 1090. The minimum absolute atomic E-state index is 0.205. The highest BCUT2D eigenvalue weighted by molar-refractivity contribution is 6.42. The van der Waals surface area contributed by atoms with Gasteiger partial charge in [-0.2, -0.15) is 5.26 Å². The highest BCUT2D eigenvalue weighted by Gasteiger charge is 2.15. The number of imide groups is 1. The van der Waals surface area contributed by atoms with Crippen molar-refractivity contribution < 1.29 is 19.1 Å². The fourth-order valence-corrected chi connectivity index (χ4v) is 2.99. The zero-order valence-electron chi connectivity index (χ0n) is 16.6. The minimum atomic E-state index is -1.05. The SMILES string of the molecule is C=CCc1cc(/C=C(/C#N)C(=O)NC(N)=O)cc(OC)c1OCc1ccc(Cl)c(Cl)c1. The summed E-state index contributed by atoms with van der Waals surface area (Å²) in [5.41, 5.74) is 6.65. The fraction of sp³-hybridized carbons (Fsp3) is 0.136. The maximum atomic E-state index is 11.9. The number of primary amides is 1. The summed E-state index contributed by atoms with van der Waals surface area (Å²) in [6.07, 6.45) is 3.43. The van der Waals surface area contributed by atoms with Crippen molar-refractivity contribution in [1.82, 2.24) is 5.32 Å². The van der Waals surface area contributed by atoms with Crippen molar-refractivity contribution in [2.45, 2.75) is 13.0 Å². The molecule has 2 aromatic carbocycles. The number of carbonyl (C=O) groups is 2. The number of urea groups is 1. The molecule has 0 bridgehead atoms. The van der Waals surface area contributed by atoms with Gasteiger partial charge < -0.3 is 15.2 Å². The molecule has 0 unspecified atom stereocenters. The molecule has 0 saturated carbocycles. The quantitative estimate of drug-likeness (QED) is 0.344. The molecule has 0 saturated heterocycles. The van der Waals surface area contributed by atoms with Crippen LogP contribution in [0.15, 0.2) is 48.6 Å². The molecule has 7 nitrogen and oxygen atoms in total. The lowest BCUT2D eigenvalue weighted by molar-refractivity contribution is -0.115. The highest BCUT2D eigenvalue weighted by atomic mass is 35.5. The average Bonchev–Trinajstić information content (AvgIpc) is 2.72. The van der Waals surface area contributed by atoms with Crippen molar-refractivity contribution in [1.29, 1.82) is 5.26 Å². The van der Waals surface area contributed by atoms with Crippen molar-refractivity contribution in [3.63, 3.8) is 0 Å². The van der Waals surface area contributed by atoms with Crippen LogP contribution in [0.5, 0.6) is 11.5 Å². The van der Waals surface area contributed by atoms with Gasteiger partial charge in [-0.15, -0.1) is 6.58 Å². The van der Waals surface area contributed by atoms with Gasteiger partial charge in [-0.05, 0) is 47.9 Å². The van der Waals surface area contributed by atoms with E-state index in [1.165, 1.54) is 13.2 Å². The Labute approximate surface area is 189 Å². The Morgan fingerprint density at radius 3 is 2.58 bits per heavy atom. The lowest BCUT2D eigenvalue weighted by atomic mass is 10.0. The zero-order chi connectivity index (χ0) is 23.0. The Morgan fingerprint density at radius 2 is 2.00 bits per heavy atom. The van der Waals surface area contributed by atoms with E-state index in [1.807, 2.05) is 5.32 Å². The van der Waals surface area contributed by atoms with Gasteiger partial charge >= 0.3 is 6.03 Å². The number of methoxy groups -OCH3 is 1. The second-order valence-corrected chi connectivity index (χ2v) is 7.04. The molecule has 160 valence electrons. The fourth-order valence-electron chi connectivity index (χ4n) is 2.67. The van der Waals surface area contributed by atoms with E-state index >= 15 is 0 Å². The summed E-state index contributed by atoms with van der Waals surface area (Å²) in [6, 6.07) is 9.19. The molecule has 2 aromatic rings. The number of nitrogens with two attached hydrogens (primary N) is 1. The van der Waals surface area contributed by atoms with E-state index < -0.39 is 11.9 Å². The van der Waals surface area contributed by atoms with Crippen LogP contribution in [0.1, 0.15) is 16.7 Å². The number of hydrogen-bond acceptors (Lipinski definition) is 5. The number of rotatable bonds is 8. The second-order valence-electron chi connectivity index (χ2n) is 6.23. The number of halogens is 2. The Kier molecular flexibility index (Phi) is 8.50. The first-order chi connectivity index (χ1) is 14.8. The van der Waals surface area contributed by atoms with E-state index in [4.69, 9.17) is 38.4 Å². The highest BCUT2D eigenvalue weighted by Crippen LogP contribution is 2.35. The number of amides is 3. The lowest BCUT2D eigenvalue weighted by Gasteiger charge is -2.16. The lowest BCUT2D eigenvalue weighted by Crippen LogP contribution is -2.35. The third-order valence-electron chi connectivity index (χ3n) is 4.02. The van der Waals surface area contributed by atoms with Crippen LogP contribution >= 0.6 is 23.2 Å². The summed E-state index contributed by atoms with van der Waals surface area (Å²) in [5, 5.41) is 12.0. The topological polar surface area (TPSA) is 114 Å². The van der Waals surface area contributed by atoms with Gasteiger partial charge in [0.05, 0.1) is 17.2 Å². The molecule has 0 fully saturated rings. The first kappa shape index (κ1) is 23.8. The summed E-state index contributed by atoms with van der Waals surface area (Å²) in [4.78, 5) is 22.8. The molecule has 2 rings (SSSR count). The standard InChI is InChI=1S/C22H19Cl2N3O4/c1-3-4-15-7-14(8-16(11-25)21(28)27-22(26)29)10-19(30-2)20(15)31-12-13-5-6-17(23)18(24)9-13/h3,5-10H,1,4,12H2,2H3,(H3,26,27,28,29)/b16-8-. The van der Waals surface area contributed by atoms with E-state index in [2.05, 4.69) is 6.58 Å². The van der Waals surface area contributed by atoms with E-state index in [0.717, 1.165) is 5.56 Å². The van der Waals surface area contributed by atoms with Crippen molar-refractivity contribution in [2.75, 3.05) is 7.11 Å². The summed E-state index contributed by atoms with van der Waals surface area (Å²) < 4.78 is 11.4. The Hall–Kier alpha value is -3.47. The normalized spacial score (nSPS) is 10.7. The van der Waals surface area contributed by atoms with Crippen LogP contribution in [0.25, 0.3) is 6.08 Å². The summed E-state index contributed by atoms with van der Waals surface area (Å²) in [6.45, 7) is 3.95. The first-order valence-electron chi connectivity index (χ1n) is 8.90.